The zero-order valence-corrected chi connectivity index (χ0v) is 12.9. The highest BCUT2D eigenvalue weighted by molar-refractivity contribution is 7.91. The molecule has 5 heteroatoms. The number of sulfone groups is 1. The lowest BCUT2D eigenvalue weighted by molar-refractivity contribution is 0.197. The first-order valence-electron chi connectivity index (χ1n) is 6.51. The van der Waals surface area contributed by atoms with Gasteiger partial charge in [0.15, 0.2) is 0 Å². The Bertz CT molecular complexity index is 276. The second-order valence-corrected chi connectivity index (χ2v) is 7.14. The fourth-order valence-corrected chi connectivity index (χ4v) is 3.10. The summed E-state index contributed by atoms with van der Waals surface area (Å²) in [6.45, 7) is 7.71. The van der Waals surface area contributed by atoms with E-state index in [4.69, 9.17) is 11.6 Å². The van der Waals surface area contributed by atoms with Gasteiger partial charge in [0.25, 0.3) is 0 Å². The van der Waals surface area contributed by atoms with Gasteiger partial charge in [0, 0.05) is 24.2 Å². The normalized spacial score (nSPS) is 12.6. The Morgan fingerprint density at radius 2 is 1.71 bits per heavy atom. The predicted octanol–water partition coefficient (Wildman–Crippen LogP) is 2.54. The SMILES string of the molecule is CCC(CC)N(CCCl)CCCS(=O)(=O)CC. The summed E-state index contributed by atoms with van der Waals surface area (Å²) in [5.74, 6) is 1.15. The number of halogens is 1. The van der Waals surface area contributed by atoms with Crippen LogP contribution in [0.1, 0.15) is 40.0 Å². The van der Waals surface area contributed by atoms with Crippen molar-refractivity contribution in [3.63, 3.8) is 0 Å². The van der Waals surface area contributed by atoms with Crippen molar-refractivity contribution >= 4 is 21.4 Å². The Labute approximate surface area is 111 Å². The Kier molecular flexibility index (Phi) is 9.28. The van der Waals surface area contributed by atoms with Crippen molar-refractivity contribution in [2.45, 2.75) is 46.1 Å². The molecule has 0 unspecified atom stereocenters. The highest BCUT2D eigenvalue weighted by Gasteiger charge is 2.15. The lowest BCUT2D eigenvalue weighted by Gasteiger charge is -2.29. The van der Waals surface area contributed by atoms with Crippen molar-refractivity contribution in [1.29, 1.82) is 0 Å². The fourth-order valence-electron chi connectivity index (χ4n) is 2.02. The summed E-state index contributed by atoms with van der Waals surface area (Å²) in [6, 6.07) is 0.526. The van der Waals surface area contributed by atoms with Crippen LogP contribution in [0.5, 0.6) is 0 Å². The first-order valence-corrected chi connectivity index (χ1v) is 8.86. The molecule has 0 saturated heterocycles. The molecule has 0 aromatic carbocycles. The number of alkyl halides is 1. The summed E-state index contributed by atoms with van der Waals surface area (Å²) in [5, 5.41) is 0. The van der Waals surface area contributed by atoms with Crippen LogP contribution in [0, 0.1) is 0 Å². The van der Waals surface area contributed by atoms with E-state index in [0.717, 1.165) is 25.9 Å². The molecule has 0 rings (SSSR count). The van der Waals surface area contributed by atoms with Gasteiger partial charge >= 0.3 is 0 Å². The van der Waals surface area contributed by atoms with Crippen LogP contribution in [0.15, 0.2) is 0 Å². The second kappa shape index (κ2) is 9.17. The molecule has 3 nitrogen and oxygen atoms in total. The Balaban J connectivity index is 4.17. The van der Waals surface area contributed by atoms with Crippen molar-refractivity contribution in [2.24, 2.45) is 0 Å². The van der Waals surface area contributed by atoms with E-state index in [9.17, 15) is 8.42 Å². The second-order valence-electron chi connectivity index (χ2n) is 4.29. The van der Waals surface area contributed by atoms with Gasteiger partial charge in [-0.15, -0.1) is 11.6 Å². The van der Waals surface area contributed by atoms with Gasteiger partial charge in [-0.05, 0) is 25.8 Å². The first-order chi connectivity index (χ1) is 8.00. The molecule has 0 aliphatic rings. The molecule has 0 N–H and O–H groups in total. The van der Waals surface area contributed by atoms with Crippen LogP contribution in [-0.2, 0) is 9.84 Å². The predicted molar refractivity (Wildman–Crippen MR) is 75.6 cm³/mol. The molecule has 104 valence electrons. The van der Waals surface area contributed by atoms with E-state index in [-0.39, 0.29) is 5.75 Å². The van der Waals surface area contributed by atoms with E-state index in [0.29, 0.717) is 24.1 Å². The molecule has 17 heavy (non-hydrogen) atoms. The molecule has 0 atom stereocenters. The molecule has 0 heterocycles. The minimum Gasteiger partial charge on any atom is -0.299 e. The van der Waals surface area contributed by atoms with Gasteiger partial charge < -0.3 is 0 Å². The summed E-state index contributed by atoms with van der Waals surface area (Å²) >= 11 is 5.79. The molecular formula is C12H26ClNO2S. The monoisotopic (exact) mass is 283 g/mol. The van der Waals surface area contributed by atoms with E-state index in [1.54, 1.807) is 6.92 Å². The topological polar surface area (TPSA) is 37.4 Å². The van der Waals surface area contributed by atoms with Gasteiger partial charge in [0.1, 0.15) is 9.84 Å². The van der Waals surface area contributed by atoms with Crippen LogP contribution in [0.2, 0.25) is 0 Å². The molecule has 0 saturated carbocycles. The Morgan fingerprint density at radius 3 is 2.12 bits per heavy atom. The van der Waals surface area contributed by atoms with Crippen LogP contribution in [0.25, 0.3) is 0 Å². The van der Waals surface area contributed by atoms with E-state index in [1.165, 1.54) is 0 Å². The lowest BCUT2D eigenvalue weighted by Crippen LogP contribution is -2.37. The summed E-state index contributed by atoms with van der Waals surface area (Å²) in [6.07, 6.45) is 2.89. The highest BCUT2D eigenvalue weighted by Crippen LogP contribution is 2.10. The molecule has 0 amide bonds. The molecule has 0 aromatic heterocycles. The van der Waals surface area contributed by atoms with Crippen molar-refractivity contribution in [1.82, 2.24) is 4.90 Å². The largest absolute Gasteiger partial charge is 0.299 e. The van der Waals surface area contributed by atoms with Gasteiger partial charge in [-0.2, -0.15) is 0 Å². The molecule has 0 aliphatic carbocycles. The number of hydrogen-bond acceptors (Lipinski definition) is 3. The van der Waals surface area contributed by atoms with Gasteiger partial charge in [0.05, 0.1) is 5.75 Å². The number of nitrogens with zero attached hydrogens (tertiary/aromatic N) is 1. The maximum absolute atomic E-state index is 11.4. The van der Waals surface area contributed by atoms with Crippen LogP contribution in [0.3, 0.4) is 0 Å². The van der Waals surface area contributed by atoms with E-state index in [1.807, 2.05) is 0 Å². The van der Waals surface area contributed by atoms with Crippen LogP contribution >= 0.6 is 11.6 Å². The molecule has 0 spiro atoms. The van der Waals surface area contributed by atoms with E-state index in [2.05, 4.69) is 18.7 Å². The fraction of sp³-hybridized carbons (Fsp3) is 1.00. The van der Waals surface area contributed by atoms with Crippen molar-refractivity contribution in [3.8, 4) is 0 Å². The zero-order valence-electron chi connectivity index (χ0n) is 11.3. The molecule has 0 radical (unpaired) electrons. The number of rotatable bonds is 10. The molecular weight excluding hydrogens is 258 g/mol. The average Bonchev–Trinajstić information content (AvgIpc) is 2.30. The molecule has 0 fully saturated rings. The van der Waals surface area contributed by atoms with Crippen molar-refractivity contribution < 1.29 is 8.42 Å². The van der Waals surface area contributed by atoms with Gasteiger partial charge in [-0.1, -0.05) is 20.8 Å². The third-order valence-electron chi connectivity index (χ3n) is 3.17. The summed E-state index contributed by atoms with van der Waals surface area (Å²) < 4.78 is 22.8. The van der Waals surface area contributed by atoms with E-state index < -0.39 is 9.84 Å². The first kappa shape index (κ1) is 17.2. The van der Waals surface area contributed by atoms with Crippen LogP contribution < -0.4 is 0 Å². The van der Waals surface area contributed by atoms with Crippen LogP contribution in [-0.4, -0.2) is 49.8 Å². The zero-order chi connectivity index (χ0) is 13.3. The van der Waals surface area contributed by atoms with E-state index >= 15 is 0 Å². The minimum absolute atomic E-state index is 0.244. The lowest BCUT2D eigenvalue weighted by atomic mass is 10.1. The molecule has 0 aliphatic heterocycles. The van der Waals surface area contributed by atoms with Gasteiger partial charge in [-0.25, -0.2) is 8.42 Å². The average molecular weight is 284 g/mol. The maximum atomic E-state index is 11.4. The molecule has 0 aromatic rings. The number of hydrogen-bond donors (Lipinski definition) is 0. The highest BCUT2D eigenvalue weighted by atomic mass is 35.5. The third-order valence-corrected chi connectivity index (χ3v) is 5.13. The standard InChI is InChI=1S/C12H26ClNO2S/c1-4-12(5-2)14(10-8-13)9-7-11-17(15,16)6-3/h12H,4-11H2,1-3H3. The quantitative estimate of drug-likeness (QED) is 0.578. The Morgan fingerprint density at radius 1 is 1.12 bits per heavy atom. The smallest absolute Gasteiger partial charge is 0.150 e. The minimum atomic E-state index is -2.83. The van der Waals surface area contributed by atoms with Crippen molar-refractivity contribution in [2.75, 3.05) is 30.5 Å². The van der Waals surface area contributed by atoms with Gasteiger partial charge in [-0.3, -0.25) is 4.90 Å². The maximum Gasteiger partial charge on any atom is 0.150 e. The summed E-state index contributed by atoms with van der Waals surface area (Å²) in [7, 11) is -2.83. The summed E-state index contributed by atoms with van der Waals surface area (Å²) in [4.78, 5) is 2.32. The van der Waals surface area contributed by atoms with Crippen LogP contribution in [0.4, 0.5) is 0 Å². The molecule has 0 bridgehead atoms. The van der Waals surface area contributed by atoms with Gasteiger partial charge in [0.2, 0.25) is 0 Å². The van der Waals surface area contributed by atoms with Crippen molar-refractivity contribution in [3.05, 3.63) is 0 Å². The Hall–Kier alpha value is 0.200. The third kappa shape index (κ3) is 7.27. The summed E-state index contributed by atoms with van der Waals surface area (Å²) in [5.41, 5.74) is 0.